The topological polar surface area (TPSA) is 80.9 Å². The van der Waals surface area contributed by atoms with E-state index in [9.17, 15) is 9.18 Å². The Labute approximate surface area is 134 Å². The summed E-state index contributed by atoms with van der Waals surface area (Å²) in [5, 5.41) is 2.88. The average Bonchev–Trinajstić information content (AvgIpc) is 2.55. The van der Waals surface area contributed by atoms with Crippen LogP contribution in [-0.2, 0) is 4.79 Å². The van der Waals surface area contributed by atoms with E-state index in [0.29, 0.717) is 16.9 Å². The summed E-state index contributed by atoms with van der Waals surface area (Å²) in [5.74, 6) is -0.609. The van der Waals surface area contributed by atoms with Crippen molar-refractivity contribution in [3.05, 3.63) is 42.1 Å². The molecule has 3 N–H and O–H groups in total. The maximum absolute atomic E-state index is 13.7. The summed E-state index contributed by atoms with van der Waals surface area (Å²) in [6, 6.07) is 5.79. The molecular weight excluding hydrogens is 295 g/mol. The lowest BCUT2D eigenvalue weighted by atomic mass is 9.97. The van der Waals surface area contributed by atoms with Gasteiger partial charge in [-0.05, 0) is 37.1 Å². The quantitative estimate of drug-likeness (QED) is 0.783. The van der Waals surface area contributed by atoms with Crippen molar-refractivity contribution in [2.45, 2.75) is 32.2 Å². The zero-order valence-corrected chi connectivity index (χ0v) is 12.9. The average molecular weight is 314 g/mol. The molecule has 2 heterocycles. The smallest absolute Gasteiger partial charge is 0.227 e. The Hall–Kier alpha value is -2.34. The van der Waals surface area contributed by atoms with E-state index < -0.39 is 0 Å². The molecule has 1 aliphatic rings. The number of rotatable bonds is 0. The first-order valence-electron chi connectivity index (χ1n) is 7.73. The first-order chi connectivity index (χ1) is 11.0. The fraction of sp³-hybridized carbons (Fsp3) is 0.353. The van der Waals surface area contributed by atoms with E-state index in [0.717, 1.165) is 25.0 Å². The fourth-order valence-corrected chi connectivity index (χ4v) is 2.74. The monoisotopic (exact) mass is 314 g/mol. The largest absolute Gasteiger partial charge is 0.325 e. The van der Waals surface area contributed by atoms with Crippen LogP contribution in [0.15, 0.2) is 30.6 Å². The summed E-state index contributed by atoms with van der Waals surface area (Å²) in [6.07, 6.45) is 3.75. The van der Waals surface area contributed by atoms with Crippen LogP contribution in [0, 0.1) is 11.7 Å². The Balaban J connectivity index is 2.12. The van der Waals surface area contributed by atoms with Crippen LogP contribution in [0.2, 0.25) is 0 Å². The van der Waals surface area contributed by atoms with Crippen LogP contribution in [0.3, 0.4) is 0 Å². The van der Waals surface area contributed by atoms with E-state index in [-0.39, 0.29) is 23.7 Å². The Kier molecular flexibility index (Phi) is 4.34. The van der Waals surface area contributed by atoms with Crippen LogP contribution in [0.5, 0.6) is 0 Å². The molecule has 0 fully saturated rings. The van der Waals surface area contributed by atoms with Crippen molar-refractivity contribution in [1.29, 1.82) is 0 Å². The van der Waals surface area contributed by atoms with E-state index in [4.69, 9.17) is 5.73 Å². The third-order valence-electron chi connectivity index (χ3n) is 4.18. The summed E-state index contributed by atoms with van der Waals surface area (Å²) in [4.78, 5) is 20.8. The SMILES string of the molecule is C[C@@H]1CCCC(N)c2cc(ncn2)-c2cc(F)ccc2NC1=O. The summed E-state index contributed by atoms with van der Waals surface area (Å²) in [7, 11) is 0. The minimum absolute atomic E-state index is 0.0821. The highest BCUT2D eigenvalue weighted by Gasteiger charge is 2.19. The van der Waals surface area contributed by atoms with Crippen molar-refractivity contribution in [2.24, 2.45) is 11.7 Å². The Morgan fingerprint density at radius 1 is 1.26 bits per heavy atom. The number of anilines is 1. The standard InChI is InChI=1S/C17H19FN4O/c1-10-3-2-4-13(19)16-8-15(20-9-21-16)12-7-11(18)5-6-14(12)22-17(10)23/h5-10,13H,2-4,19H2,1H3,(H,22,23)/t10-,13?/m1/s1. The lowest BCUT2D eigenvalue weighted by Gasteiger charge is -2.18. The van der Waals surface area contributed by atoms with E-state index >= 15 is 0 Å². The number of nitrogens with two attached hydrogens (primary N) is 1. The molecule has 2 aromatic rings. The molecular formula is C17H19FN4O. The van der Waals surface area contributed by atoms with Gasteiger partial charge in [-0.3, -0.25) is 4.79 Å². The van der Waals surface area contributed by atoms with E-state index in [2.05, 4.69) is 15.3 Å². The minimum Gasteiger partial charge on any atom is -0.325 e. The maximum Gasteiger partial charge on any atom is 0.227 e. The molecule has 0 saturated heterocycles. The Bertz CT molecular complexity index is 734. The molecule has 6 heteroatoms. The highest BCUT2D eigenvalue weighted by atomic mass is 19.1. The number of carbonyl (C=O) groups is 1. The van der Waals surface area contributed by atoms with Crippen LogP contribution in [-0.4, -0.2) is 15.9 Å². The molecule has 1 aromatic carbocycles. The number of fused-ring (bicyclic) bond motifs is 4. The van der Waals surface area contributed by atoms with Crippen LogP contribution in [0.1, 0.15) is 37.9 Å². The predicted molar refractivity (Wildman–Crippen MR) is 86.0 cm³/mol. The van der Waals surface area contributed by atoms with E-state index in [1.807, 2.05) is 6.92 Å². The number of nitrogens with zero attached hydrogens (tertiary/aromatic N) is 2. The molecule has 3 rings (SSSR count). The number of halogens is 1. The second-order valence-electron chi connectivity index (χ2n) is 5.95. The first kappa shape index (κ1) is 15.6. The van der Waals surface area contributed by atoms with Gasteiger partial charge in [0.1, 0.15) is 12.1 Å². The minimum atomic E-state index is -0.386. The highest BCUT2D eigenvalue weighted by Crippen LogP contribution is 2.30. The van der Waals surface area contributed by atoms with Gasteiger partial charge in [-0.15, -0.1) is 0 Å². The van der Waals surface area contributed by atoms with Crippen molar-refractivity contribution < 1.29 is 9.18 Å². The number of benzene rings is 1. The molecule has 5 nitrogen and oxygen atoms in total. The van der Waals surface area contributed by atoms with Crippen LogP contribution in [0.4, 0.5) is 10.1 Å². The fourth-order valence-electron chi connectivity index (χ4n) is 2.74. The second kappa shape index (κ2) is 6.42. The predicted octanol–water partition coefficient (Wildman–Crippen LogP) is 3.04. The second-order valence-corrected chi connectivity index (χ2v) is 5.95. The molecule has 0 spiro atoms. The number of aromatic nitrogens is 2. The van der Waals surface area contributed by atoms with Gasteiger partial charge in [0.05, 0.1) is 17.1 Å². The summed E-state index contributed by atoms with van der Waals surface area (Å²) in [5.41, 5.74) is 8.53. The zero-order chi connectivity index (χ0) is 16.4. The van der Waals surface area contributed by atoms with Gasteiger partial charge in [0.2, 0.25) is 5.91 Å². The van der Waals surface area contributed by atoms with Gasteiger partial charge >= 0.3 is 0 Å². The molecule has 1 aliphatic heterocycles. The van der Waals surface area contributed by atoms with E-state index in [1.54, 1.807) is 12.1 Å². The normalized spacial score (nSPS) is 21.6. The summed E-state index contributed by atoms with van der Waals surface area (Å²) < 4.78 is 13.7. The third kappa shape index (κ3) is 3.37. The molecule has 2 atom stereocenters. The van der Waals surface area contributed by atoms with Gasteiger partial charge in [0.25, 0.3) is 0 Å². The molecule has 120 valence electrons. The molecule has 0 radical (unpaired) electrons. The Morgan fingerprint density at radius 3 is 2.91 bits per heavy atom. The first-order valence-corrected chi connectivity index (χ1v) is 7.73. The Morgan fingerprint density at radius 2 is 2.09 bits per heavy atom. The van der Waals surface area contributed by atoms with Crippen molar-refractivity contribution in [3.63, 3.8) is 0 Å². The van der Waals surface area contributed by atoms with Crippen molar-refractivity contribution in [2.75, 3.05) is 5.32 Å². The third-order valence-corrected chi connectivity index (χ3v) is 4.18. The molecule has 0 saturated carbocycles. The number of hydrogen-bond acceptors (Lipinski definition) is 4. The van der Waals surface area contributed by atoms with Gasteiger partial charge in [0.15, 0.2) is 0 Å². The van der Waals surface area contributed by atoms with E-state index in [1.165, 1.54) is 18.5 Å². The van der Waals surface area contributed by atoms with Gasteiger partial charge in [-0.25, -0.2) is 14.4 Å². The number of carbonyl (C=O) groups excluding carboxylic acids is 1. The number of nitrogens with one attached hydrogen (secondary N) is 1. The number of hydrogen-bond donors (Lipinski definition) is 2. The molecule has 0 aliphatic carbocycles. The molecule has 23 heavy (non-hydrogen) atoms. The number of amides is 1. The maximum atomic E-state index is 13.7. The van der Waals surface area contributed by atoms with Crippen LogP contribution >= 0.6 is 0 Å². The molecule has 1 amide bonds. The lowest BCUT2D eigenvalue weighted by molar-refractivity contribution is -0.119. The lowest BCUT2D eigenvalue weighted by Crippen LogP contribution is -2.22. The van der Waals surface area contributed by atoms with Crippen molar-refractivity contribution >= 4 is 11.6 Å². The van der Waals surface area contributed by atoms with Gasteiger partial charge in [-0.1, -0.05) is 13.3 Å². The molecule has 1 unspecified atom stereocenters. The highest BCUT2D eigenvalue weighted by molar-refractivity contribution is 5.96. The molecule has 2 bridgehead atoms. The zero-order valence-electron chi connectivity index (χ0n) is 12.9. The summed E-state index contributed by atoms with van der Waals surface area (Å²) in [6.45, 7) is 1.88. The van der Waals surface area contributed by atoms with Gasteiger partial charge in [-0.2, -0.15) is 0 Å². The van der Waals surface area contributed by atoms with Crippen molar-refractivity contribution in [3.8, 4) is 11.3 Å². The van der Waals surface area contributed by atoms with Crippen LogP contribution < -0.4 is 11.1 Å². The van der Waals surface area contributed by atoms with Gasteiger partial charge < -0.3 is 11.1 Å². The summed E-state index contributed by atoms with van der Waals surface area (Å²) >= 11 is 0. The van der Waals surface area contributed by atoms with Gasteiger partial charge in [0, 0.05) is 17.5 Å². The molecule has 1 aromatic heterocycles. The van der Waals surface area contributed by atoms with Crippen LogP contribution in [0.25, 0.3) is 11.3 Å². The van der Waals surface area contributed by atoms with Crippen molar-refractivity contribution in [1.82, 2.24) is 9.97 Å².